The molecule has 2 aromatic rings. The monoisotopic (exact) mass is 1420 g/mol. The van der Waals surface area contributed by atoms with Gasteiger partial charge < -0.3 is 43.0 Å². The van der Waals surface area contributed by atoms with Crippen LogP contribution in [-0.4, -0.2) is 173 Å². The van der Waals surface area contributed by atoms with Crippen LogP contribution >= 0.6 is 11.4 Å². The van der Waals surface area contributed by atoms with Crippen LogP contribution in [0.2, 0.25) is 0 Å². The van der Waals surface area contributed by atoms with Crippen molar-refractivity contribution in [2.75, 3.05) is 52.6 Å². The van der Waals surface area contributed by atoms with E-state index in [0.29, 0.717) is 66.8 Å². The first kappa shape index (κ1) is 79.5. The van der Waals surface area contributed by atoms with Crippen LogP contribution in [0.1, 0.15) is 205 Å². The number of rotatable bonds is 13. The van der Waals surface area contributed by atoms with Gasteiger partial charge in [-0.15, -0.1) is 11.7 Å². The molecule has 5 saturated heterocycles. The number of benzene rings is 2. The topological polar surface area (TPSA) is 262 Å². The number of ether oxygens (including phenoxy) is 7. The molecule has 2 amide bonds. The van der Waals surface area contributed by atoms with Gasteiger partial charge >= 0.3 is 35.8 Å². The van der Waals surface area contributed by atoms with Gasteiger partial charge in [0, 0.05) is 76.3 Å². The van der Waals surface area contributed by atoms with Crippen molar-refractivity contribution in [2.45, 2.75) is 225 Å². The Kier molecular flexibility index (Phi) is 27.8. The number of esters is 6. The summed E-state index contributed by atoms with van der Waals surface area (Å²) < 4.78 is 104. The number of hydrogen-bond donors (Lipinski definition) is 0. The van der Waals surface area contributed by atoms with Crippen LogP contribution in [0.5, 0.6) is 0 Å². The first-order valence-corrected chi connectivity index (χ1v) is 36.0. The minimum Gasteiger partial charge on any atom is -0.466 e. The Hall–Kier alpha value is -6.87. The van der Waals surface area contributed by atoms with E-state index in [-0.39, 0.29) is 147 Å². The summed E-state index contributed by atoms with van der Waals surface area (Å²) in [5.74, 6) is -10.7. The van der Waals surface area contributed by atoms with Crippen LogP contribution in [0.25, 0.3) is 0 Å². The van der Waals surface area contributed by atoms with Crippen LogP contribution in [0.4, 0.5) is 20.4 Å². The summed E-state index contributed by atoms with van der Waals surface area (Å²) >= 11 is -4.97. The van der Waals surface area contributed by atoms with E-state index in [1.54, 1.807) is 116 Å². The summed E-state index contributed by atoms with van der Waals surface area (Å²) in [6.45, 7) is 14.2. The zero-order valence-corrected chi connectivity index (χ0v) is 59.0. The number of carbonyl (C=O) groups is 11. The van der Waals surface area contributed by atoms with Gasteiger partial charge in [0.1, 0.15) is 29.2 Å². The molecule has 7 aliphatic rings. The third-order valence-electron chi connectivity index (χ3n) is 19.0. The highest BCUT2D eigenvalue weighted by molar-refractivity contribution is 8.18. The summed E-state index contributed by atoms with van der Waals surface area (Å²) in [7, 11) is 0. The highest BCUT2D eigenvalue weighted by Gasteiger charge is 2.65. The van der Waals surface area contributed by atoms with E-state index in [1.807, 2.05) is 0 Å². The maximum absolute atomic E-state index is 15.0. The van der Waals surface area contributed by atoms with Gasteiger partial charge in [-0.3, -0.25) is 43.2 Å². The average Bonchev–Trinajstić information content (AvgIpc) is 1.58. The molecule has 5 aliphatic heterocycles. The van der Waals surface area contributed by atoms with Crippen molar-refractivity contribution in [1.29, 1.82) is 0 Å². The molecule has 2 saturated carbocycles. The Morgan fingerprint density at radius 2 is 1.00 bits per heavy atom. The molecule has 21 nitrogen and oxygen atoms in total. The van der Waals surface area contributed by atoms with Crippen molar-refractivity contribution in [2.24, 2.45) is 34.5 Å². The molecule has 0 unspecified atom stereocenters. The van der Waals surface area contributed by atoms with E-state index in [0.717, 1.165) is 0 Å². The normalized spacial score (nSPS) is 28.2. The number of amides is 2. The third-order valence-corrected chi connectivity index (χ3v) is 19.9. The van der Waals surface area contributed by atoms with Crippen LogP contribution in [-0.2, 0) is 76.3 Å². The highest BCUT2D eigenvalue weighted by atomic mass is 32.3. The summed E-state index contributed by atoms with van der Waals surface area (Å²) in [5, 5.41) is 0. The molecule has 7 fully saturated rings. The fraction of sp³-hybridized carbons (Fsp3) is 0.681. The zero-order chi connectivity index (χ0) is 72.7. The van der Waals surface area contributed by atoms with E-state index in [9.17, 15) is 64.4 Å². The molecule has 9 rings (SSSR count). The minimum absolute atomic E-state index is 0.00116. The number of Topliss-reactive ketones (excluding diaryl/α,β-unsaturated/α-hetero) is 3. The van der Waals surface area contributed by atoms with Gasteiger partial charge in [-0.05, 0) is 130 Å². The van der Waals surface area contributed by atoms with Gasteiger partial charge in [0.05, 0.1) is 86.4 Å². The minimum atomic E-state index is -4.97. The zero-order valence-electron chi connectivity index (χ0n) is 58.2. The molecule has 0 spiro atoms. The molecule has 2 aromatic carbocycles. The summed E-state index contributed by atoms with van der Waals surface area (Å²) in [5.41, 5.74) is -3.34. The second kappa shape index (κ2) is 34.7. The second-order valence-electron chi connectivity index (χ2n) is 29.0. The number of morpholine rings is 1. The van der Waals surface area contributed by atoms with Gasteiger partial charge in [-0.1, -0.05) is 62.1 Å². The van der Waals surface area contributed by atoms with Gasteiger partial charge in [0.25, 0.3) is 11.4 Å². The van der Waals surface area contributed by atoms with E-state index in [2.05, 4.69) is 0 Å². The van der Waals surface area contributed by atoms with Gasteiger partial charge in [0.15, 0.2) is 11.6 Å². The van der Waals surface area contributed by atoms with Gasteiger partial charge in [0.2, 0.25) is 17.7 Å². The lowest BCUT2D eigenvalue weighted by molar-refractivity contribution is -0.159. The largest absolute Gasteiger partial charge is 0.466 e. The molecule has 0 radical (unpaired) electrons. The quantitative estimate of drug-likeness (QED) is 0.102. The molecule has 0 bridgehead atoms. The van der Waals surface area contributed by atoms with Crippen molar-refractivity contribution in [3.8, 4) is 0 Å². The number of fused-ring (bicyclic) bond motifs is 4. The Labute approximate surface area is 578 Å². The fourth-order valence-corrected chi connectivity index (χ4v) is 14.5. The lowest BCUT2D eigenvalue weighted by atomic mass is 9.90. The Morgan fingerprint density at radius 1 is 0.576 bits per heavy atom. The van der Waals surface area contributed by atoms with Crippen molar-refractivity contribution in [3.05, 3.63) is 71.8 Å². The van der Waals surface area contributed by atoms with Gasteiger partial charge in [-0.2, -0.15) is 4.31 Å². The predicted octanol–water partition coefficient (Wildman–Crippen LogP) is 12.0. The number of hydrogen-bond acceptors (Lipinski definition) is 19. The number of carbonyl (C=O) groups excluding carboxylic acids is 11. The van der Waals surface area contributed by atoms with Crippen LogP contribution < -0.4 is 0 Å². The fourth-order valence-electron chi connectivity index (χ4n) is 13.9. The lowest BCUT2D eigenvalue weighted by Gasteiger charge is -2.29. The van der Waals surface area contributed by atoms with E-state index in [4.69, 9.17) is 33.2 Å². The molecule has 2 aliphatic carbocycles. The summed E-state index contributed by atoms with van der Waals surface area (Å²) in [6.07, 6.45) is 1.30. The van der Waals surface area contributed by atoms with E-state index in [1.165, 1.54) is 9.80 Å². The number of ketones is 3. The molecular weight excluding hydrogens is 1320 g/mol. The summed E-state index contributed by atoms with van der Waals surface area (Å²) in [6, 6.07) is 14.8. The maximum atomic E-state index is 15.0. The Morgan fingerprint density at radius 3 is 1.41 bits per heavy atom. The number of alkyl halides is 2. The van der Waals surface area contributed by atoms with Crippen molar-refractivity contribution in [1.82, 2.24) is 14.1 Å². The average molecular weight is 1420 g/mol. The highest BCUT2D eigenvalue weighted by Crippen LogP contribution is 2.62. The Bertz CT molecular complexity index is 3180. The molecule has 99 heavy (non-hydrogen) atoms. The lowest BCUT2D eigenvalue weighted by Crippen LogP contribution is -2.45. The number of nitrogens with zero attached hydrogens (tertiary/aromatic N) is 3. The van der Waals surface area contributed by atoms with Crippen molar-refractivity contribution in [3.63, 3.8) is 0 Å². The maximum Gasteiger partial charge on any atom is 0.338 e. The van der Waals surface area contributed by atoms with Crippen LogP contribution in [0.3, 0.4) is 0 Å². The number of halogens is 5. The standard InChI is InChI=1S/C34H45F2NO8.C34H45NO9.C4H8F3NOS/c1-5-43-31(42)33-18-24(33)19-34(35,36)15-11-7-10-14-23(16-28(39)45-32(2,3)4)29(40)37-21-25(17-26(37)27(38)20-33)44-30(41)22-12-8-6-9-13-22;1-5-42-32(41)34-19-24(34)17-25(36)15-11-7-10-14-23(16-29(38)44-33(2,3)4)30(39)35-21-26(18-27(35)28(37)20-34)43-31(40)22-12-8-6-9-13-22;5-10(6,7)8-1-3-9-4-2-8/h6,8-9,12-13,23-26H,5,7,10-11,14-21H2,1-4H3;6,8-9,12-13,23-24,26-27H,5,7,10-11,14-21H2,1-4H3;1-4H2/t23-,24+,25+,26+,33-;23-,24-,26+,27+,34-;/m11./s1. The van der Waals surface area contributed by atoms with Crippen LogP contribution in [0.15, 0.2) is 60.7 Å². The molecule has 5 heterocycles. The molecule has 550 valence electrons. The van der Waals surface area contributed by atoms with Crippen molar-refractivity contribution < 1.29 is 106 Å². The summed E-state index contributed by atoms with van der Waals surface area (Å²) in [4.78, 5) is 150. The van der Waals surface area contributed by atoms with Gasteiger partial charge in [-0.25, -0.2) is 18.4 Å². The van der Waals surface area contributed by atoms with Crippen molar-refractivity contribution >= 4 is 76.4 Å². The predicted molar refractivity (Wildman–Crippen MR) is 352 cm³/mol. The second-order valence-corrected chi connectivity index (χ2v) is 30.3. The smallest absolute Gasteiger partial charge is 0.338 e. The van der Waals surface area contributed by atoms with E-state index < -0.39 is 135 Å². The SMILES string of the molecule is CCOC(=O)[C@]12CC(=O)[C@@H]3C[C@H](OC(=O)c4ccccc4)CN3C(=O)[C@@H](CC(=O)OC(C)(C)C)CCCCCC(=O)C[C@@H]1C2.CCOC(=O)[C@]12CC(=O)[C@@H]3C[C@H](OC(=O)c4ccccc4)CN3C(=O)[C@@H](CC(=O)OC(C)(C)C)CCCCCC(F)(F)C[C@@H]1C2.FS(F)(F)N1CCOCC1. The van der Waals surface area contributed by atoms with E-state index >= 15 is 8.78 Å². The first-order chi connectivity index (χ1) is 46.6. The molecule has 27 heteroatoms. The Balaban J connectivity index is 0.000000244. The first-order valence-electron chi connectivity index (χ1n) is 34.7. The molecule has 0 N–H and O–H groups in total. The molecular formula is C72H98F5N3O18S. The third kappa shape index (κ3) is 23.1. The van der Waals surface area contributed by atoms with Crippen LogP contribution in [0, 0.1) is 34.5 Å². The molecule has 0 aromatic heterocycles. The molecule has 10 atom stereocenters.